The molecule has 0 aliphatic heterocycles. The second-order valence-corrected chi connectivity index (χ2v) is 6.45. The molecule has 0 N–H and O–H groups in total. The number of furan rings is 1. The van der Waals surface area contributed by atoms with Crippen LogP contribution in [0, 0.1) is 5.41 Å². The average Bonchev–Trinajstić information content (AvgIpc) is 2.73. The van der Waals surface area contributed by atoms with Crippen LogP contribution in [0.1, 0.15) is 36.3 Å². The third kappa shape index (κ3) is 2.23. The molecule has 0 aromatic carbocycles. The number of carbonyl (C=O) groups is 1. The van der Waals surface area contributed by atoms with Crippen molar-refractivity contribution < 1.29 is 9.21 Å². The molecule has 1 aliphatic carbocycles. The first-order valence-corrected chi connectivity index (χ1v) is 6.88. The summed E-state index contributed by atoms with van der Waals surface area (Å²) in [5.41, 5.74) is 1.41. The minimum absolute atomic E-state index is 0.0455. The molecule has 0 atom stereocenters. The molecule has 2 aromatic rings. The number of fused-ring (bicyclic) bond motifs is 1. The normalized spacial score (nSPS) is 17.3. The molecule has 0 saturated heterocycles. The smallest absolute Gasteiger partial charge is 0.197 e. The summed E-state index contributed by atoms with van der Waals surface area (Å²) >= 11 is 3.39. The minimum atomic E-state index is -0.0455. The Hall–Kier alpha value is -1.49. The molecular formula is C14H13BrN2O2. The first-order valence-electron chi connectivity index (χ1n) is 6.09. The second-order valence-electron chi connectivity index (χ2n) is 5.59. The molecule has 2 aromatic heterocycles. The lowest BCUT2D eigenvalue weighted by atomic mass is 9.76. The lowest BCUT2D eigenvalue weighted by Crippen LogP contribution is -2.28. The third-order valence-electron chi connectivity index (χ3n) is 3.27. The van der Waals surface area contributed by atoms with Crippen LogP contribution in [0.4, 0.5) is 0 Å². The number of nitrogens with zero attached hydrogens (tertiary/aromatic N) is 2. The number of hydrogen-bond acceptors (Lipinski definition) is 4. The van der Waals surface area contributed by atoms with E-state index in [4.69, 9.17) is 4.42 Å². The van der Waals surface area contributed by atoms with Gasteiger partial charge in [0, 0.05) is 12.6 Å². The zero-order chi connectivity index (χ0) is 13.6. The first kappa shape index (κ1) is 12.5. The number of carbonyl (C=O) groups excluding carboxylic acids is 1. The fraction of sp³-hybridized carbons (Fsp3) is 0.357. The Morgan fingerprint density at radius 2 is 2.16 bits per heavy atom. The summed E-state index contributed by atoms with van der Waals surface area (Å²) in [5, 5.41) is 0. The Balaban J connectivity index is 2.10. The van der Waals surface area contributed by atoms with E-state index in [2.05, 4.69) is 39.7 Å². The fourth-order valence-corrected chi connectivity index (χ4v) is 2.77. The van der Waals surface area contributed by atoms with Crippen molar-refractivity contribution in [2.45, 2.75) is 26.7 Å². The van der Waals surface area contributed by atoms with Gasteiger partial charge in [-0.15, -0.1) is 0 Å². The largest absolute Gasteiger partial charge is 0.460 e. The monoisotopic (exact) mass is 320 g/mol. The van der Waals surface area contributed by atoms with Crippen molar-refractivity contribution in [1.82, 2.24) is 9.97 Å². The first-order chi connectivity index (χ1) is 8.96. The van der Waals surface area contributed by atoms with Crippen LogP contribution in [0.15, 0.2) is 27.4 Å². The highest BCUT2D eigenvalue weighted by Gasteiger charge is 2.32. The predicted molar refractivity (Wildman–Crippen MR) is 73.9 cm³/mol. The second kappa shape index (κ2) is 4.27. The summed E-state index contributed by atoms with van der Waals surface area (Å²) in [6.07, 6.45) is 4.52. The van der Waals surface area contributed by atoms with E-state index in [1.54, 1.807) is 18.5 Å². The van der Waals surface area contributed by atoms with Crippen molar-refractivity contribution >= 4 is 21.7 Å². The maximum Gasteiger partial charge on any atom is 0.197 e. The lowest BCUT2D eigenvalue weighted by molar-refractivity contribution is 0.0909. The molecule has 0 fully saturated rings. The van der Waals surface area contributed by atoms with E-state index >= 15 is 0 Å². The van der Waals surface area contributed by atoms with Crippen LogP contribution in [0.2, 0.25) is 0 Å². The molecule has 19 heavy (non-hydrogen) atoms. The number of hydrogen-bond donors (Lipinski definition) is 0. The maximum atomic E-state index is 12.1. The highest BCUT2D eigenvalue weighted by Crippen LogP contribution is 2.35. The number of rotatable bonds is 1. The molecule has 2 heterocycles. The zero-order valence-electron chi connectivity index (χ0n) is 10.7. The Labute approximate surface area is 119 Å². The number of aromatic nitrogens is 2. The molecule has 3 rings (SSSR count). The number of halogens is 1. The van der Waals surface area contributed by atoms with Crippen LogP contribution in [-0.2, 0) is 6.42 Å². The summed E-state index contributed by atoms with van der Waals surface area (Å²) in [4.78, 5) is 20.8. The van der Waals surface area contributed by atoms with Crippen LogP contribution in [-0.4, -0.2) is 15.8 Å². The molecule has 98 valence electrons. The van der Waals surface area contributed by atoms with Gasteiger partial charge in [0.2, 0.25) is 0 Å². The predicted octanol–water partition coefficient (Wildman–Crippen LogP) is 3.65. The average molecular weight is 321 g/mol. The van der Waals surface area contributed by atoms with Gasteiger partial charge in [-0.1, -0.05) is 13.8 Å². The van der Waals surface area contributed by atoms with E-state index in [1.807, 2.05) is 0 Å². The molecule has 0 radical (unpaired) electrons. The third-order valence-corrected chi connectivity index (χ3v) is 3.90. The Morgan fingerprint density at radius 3 is 2.84 bits per heavy atom. The van der Waals surface area contributed by atoms with Crippen LogP contribution >= 0.6 is 15.9 Å². The van der Waals surface area contributed by atoms with E-state index in [0.29, 0.717) is 23.6 Å². The molecule has 0 spiro atoms. The topological polar surface area (TPSA) is 56.0 Å². The number of Topliss-reactive ketones (excluding diaryl/α,β-unsaturated/α-hetero) is 1. The molecule has 0 amide bonds. The molecule has 1 aliphatic rings. The van der Waals surface area contributed by atoms with Crippen molar-refractivity contribution in [1.29, 1.82) is 0 Å². The van der Waals surface area contributed by atoms with E-state index < -0.39 is 0 Å². The highest BCUT2D eigenvalue weighted by molar-refractivity contribution is 9.10. The van der Waals surface area contributed by atoms with Gasteiger partial charge in [-0.3, -0.25) is 4.79 Å². The maximum absolute atomic E-state index is 12.1. The van der Waals surface area contributed by atoms with E-state index in [0.717, 1.165) is 16.6 Å². The van der Waals surface area contributed by atoms with Gasteiger partial charge in [0.25, 0.3) is 0 Å². The van der Waals surface area contributed by atoms with Crippen LogP contribution < -0.4 is 0 Å². The SMILES string of the molecule is CC1(C)CC(=O)c2cnc(-c3occc3Br)nc2C1. The summed E-state index contributed by atoms with van der Waals surface area (Å²) in [6, 6.07) is 1.80. The zero-order valence-corrected chi connectivity index (χ0v) is 12.3. The van der Waals surface area contributed by atoms with Crippen LogP contribution in [0.3, 0.4) is 0 Å². The summed E-state index contributed by atoms with van der Waals surface area (Å²) < 4.78 is 6.18. The lowest BCUT2D eigenvalue weighted by Gasteiger charge is -2.29. The van der Waals surface area contributed by atoms with Crippen LogP contribution in [0.5, 0.6) is 0 Å². The Kier molecular flexibility index (Phi) is 2.82. The van der Waals surface area contributed by atoms with Gasteiger partial charge in [-0.05, 0) is 33.8 Å². The summed E-state index contributed by atoms with van der Waals surface area (Å²) in [5.74, 6) is 1.23. The van der Waals surface area contributed by atoms with E-state index in [-0.39, 0.29) is 11.2 Å². The summed E-state index contributed by atoms with van der Waals surface area (Å²) in [7, 11) is 0. The van der Waals surface area contributed by atoms with E-state index in [1.165, 1.54) is 0 Å². The van der Waals surface area contributed by atoms with Gasteiger partial charge in [-0.2, -0.15) is 0 Å². The van der Waals surface area contributed by atoms with Crippen molar-refractivity contribution in [3.05, 3.63) is 34.3 Å². The Morgan fingerprint density at radius 1 is 1.37 bits per heavy atom. The molecule has 0 unspecified atom stereocenters. The van der Waals surface area contributed by atoms with Crippen molar-refractivity contribution in [3.63, 3.8) is 0 Å². The molecule has 0 saturated carbocycles. The summed E-state index contributed by atoms with van der Waals surface area (Å²) in [6.45, 7) is 4.16. The highest BCUT2D eigenvalue weighted by atomic mass is 79.9. The minimum Gasteiger partial charge on any atom is -0.460 e. The molecule has 5 heteroatoms. The fourth-order valence-electron chi connectivity index (χ4n) is 2.39. The van der Waals surface area contributed by atoms with Gasteiger partial charge in [0.05, 0.1) is 22.0 Å². The van der Waals surface area contributed by atoms with Gasteiger partial charge >= 0.3 is 0 Å². The number of ketones is 1. The van der Waals surface area contributed by atoms with Gasteiger partial charge in [-0.25, -0.2) is 9.97 Å². The Bertz CT molecular complexity index is 661. The van der Waals surface area contributed by atoms with Crippen molar-refractivity contribution in [2.24, 2.45) is 5.41 Å². The van der Waals surface area contributed by atoms with Crippen molar-refractivity contribution in [3.8, 4) is 11.6 Å². The van der Waals surface area contributed by atoms with E-state index in [9.17, 15) is 4.79 Å². The van der Waals surface area contributed by atoms with Gasteiger partial charge < -0.3 is 4.42 Å². The van der Waals surface area contributed by atoms with Gasteiger partial charge in [0.1, 0.15) is 0 Å². The van der Waals surface area contributed by atoms with Crippen LogP contribution in [0.25, 0.3) is 11.6 Å². The standard InChI is InChI=1S/C14H13BrN2O2/c1-14(2)5-10-8(11(18)6-14)7-16-13(17-10)12-9(15)3-4-19-12/h3-4,7H,5-6H2,1-2H3. The quantitative estimate of drug-likeness (QED) is 0.804. The molecule has 0 bridgehead atoms. The van der Waals surface area contributed by atoms with Gasteiger partial charge in [0.15, 0.2) is 17.4 Å². The molecular weight excluding hydrogens is 308 g/mol. The van der Waals surface area contributed by atoms with Crippen molar-refractivity contribution in [2.75, 3.05) is 0 Å². The molecule has 4 nitrogen and oxygen atoms in total.